The first-order chi connectivity index (χ1) is 13.7. The highest BCUT2D eigenvalue weighted by Gasteiger charge is 2.13. The Balaban J connectivity index is 1.37. The zero-order valence-corrected chi connectivity index (χ0v) is 15.8. The number of nitrogens with one attached hydrogen (secondary N) is 1. The molecule has 3 aromatic rings. The van der Waals surface area contributed by atoms with Crippen molar-refractivity contribution in [3.8, 4) is 0 Å². The zero-order chi connectivity index (χ0) is 19.3. The number of piperidine rings is 1. The molecule has 2 aromatic carbocycles. The maximum absolute atomic E-state index is 12.4. The van der Waals surface area contributed by atoms with E-state index < -0.39 is 0 Å². The summed E-state index contributed by atoms with van der Waals surface area (Å²) in [5, 5.41) is 3.30. The third-order valence-electron chi connectivity index (χ3n) is 5.19. The van der Waals surface area contributed by atoms with Crippen molar-refractivity contribution in [2.45, 2.75) is 32.4 Å². The van der Waals surface area contributed by atoms with Gasteiger partial charge in [-0.25, -0.2) is 0 Å². The largest absolute Gasteiger partial charge is 0.451 e. The Morgan fingerprint density at radius 1 is 0.964 bits per heavy atom. The summed E-state index contributed by atoms with van der Waals surface area (Å²) in [5.41, 5.74) is 2.51. The van der Waals surface area contributed by atoms with Crippen molar-refractivity contribution in [2.75, 3.05) is 13.1 Å². The van der Waals surface area contributed by atoms with Crippen LogP contribution >= 0.6 is 0 Å². The molecule has 5 nitrogen and oxygen atoms in total. The van der Waals surface area contributed by atoms with Crippen molar-refractivity contribution in [3.63, 3.8) is 0 Å². The minimum Gasteiger partial charge on any atom is -0.451 e. The fourth-order valence-corrected chi connectivity index (χ4v) is 3.62. The van der Waals surface area contributed by atoms with Crippen molar-refractivity contribution in [1.82, 2.24) is 10.2 Å². The average Bonchev–Trinajstić information content (AvgIpc) is 2.74. The average molecular weight is 376 g/mol. The van der Waals surface area contributed by atoms with Crippen LogP contribution in [0.25, 0.3) is 11.0 Å². The fourth-order valence-electron chi connectivity index (χ4n) is 3.62. The van der Waals surface area contributed by atoms with Gasteiger partial charge in [0.2, 0.25) is 0 Å². The fraction of sp³-hybridized carbons (Fsp3) is 0.304. The Kier molecular flexibility index (Phi) is 5.53. The number of rotatable bonds is 5. The highest BCUT2D eigenvalue weighted by molar-refractivity contribution is 5.93. The van der Waals surface area contributed by atoms with E-state index >= 15 is 0 Å². The van der Waals surface area contributed by atoms with Gasteiger partial charge in [-0.3, -0.25) is 14.5 Å². The Labute approximate surface area is 164 Å². The zero-order valence-electron chi connectivity index (χ0n) is 15.8. The third-order valence-corrected chi connectivity index (χ3v) is 5.19. The van der Waals surface area contributed by atoms with E-state index in [2.05, 4.69) is 22.3 Å². The lowest BCUT2D eigenvalue weighted by Crippen LogP contribution is -2.29. The van der Waals surface area contributed by atoms with Crippen molar-refractivity contribution in [1.29, 1.82) is 0 Å². The number of likely N-dealkylation sites (tertiary alicyclic amines) is 1. The van der Waals surface area contributed by atoms with Crippen molar-refractivity contribution < 1.29 is 9.21 Å². The molecule has 0 saturated carbocycles. The molecular weight excluding hydrogens is 352 g/mol. The van der Waals surface area contributed by atoms with E-state index in [-0.39, 0.29) is 17.1 Å². The Bertz CT molecular complexity index is 1020. The van der Waals surface area contributed by atoms with Crippen LogP contribution < -0.4 is 10.7 Å². The molecule has 2 heterocycles. The molecule has 0 bridgehead atoms. The summed E-state index contributed by atoms with van der Waals surface area (Å²) < 4.78 is 5.58. The summed E-state index contributed by atoms with van der Waals surface area (Å²) in [6.07, 6.45) is 3.91. The van der Waals surface area contributed by atoms with E-state index in [1.165, 1.54) is 44.0 Å². The quantitative estimate of drug-likeness (QED) is 0.737. The van der Waals surface area contributed by atoms with Gasteiger partial charge in [0.15, 0.2) is 11.2 Å². The van der Waals surface area contributed by atoms with Crippen LogP contribution in [0.1, 0.15) is 40.9 Å². The predicted molar refractivity (Wildman–Crippen MR) is 109 cm³/mol. The van der Waals surface area contributed by atoms with Crippen LogP contribution in [0.2, 0.25) is 0 Å². The number of amides is 1. The van der Waals surface area contributed by atoms with Gasteiger partial charge in [0.05, 0.1) is 5.39 Å². The first-order valence-electron chi connectivity index (χ1n) is 9.80. The predicted octanol–water partition coefficient (Wildman–Crippen LogP) is 3.71. The summed E-state index contributed by atoms with van der Waals surface area (Å²) in [6.45, 7) is 3.72. The van der Waals surface area contributed by atoms with Gasteiger partial charge in [-0.15, -0.1) is 0 Å². The lowest BCUT2D eigenvalue weighted by molar-refractivity contribution is 0.0923. The molecule has 1 saturated heterocycles. The lowest BCUT2D eigenvalue weighted by atomic mass is 10.1. The van der Waals surface area contributed by atoms with Gasteiger partial charge in [0.1, 0.15) is 5.58 Å². The van der Waals surface area contributed by atoms with Gasteiger partial charge in [0, 0.05) is 19.2 Å². The molecule has 0 atom stereocenters. The Morgan fingerprint density at radius 2 is 1.68 bits per heavy atom. The summed E-state index contributed by atoms with van der Waals surface area (Å²) in [4.78, 5) is 27.0. The van der Waals surface area contributed by atoms with Gasteiger partial charge in [-0.1, -0.05) is 42.8 Å². The lowest BCUT2D eigenvalue weighted by Gasteiger charge is -2.26. The third kappa shape index (κ3) is 4.31. The maximum atomic E-state index is 12.4. The number of benzene rings is 2. The van der Waals surface area contributed by atoms with E-state index in [1.54, 1.807) is 24.3 Å². The van der Waals surface area contributed by atoms with E-state index in [0.29, 0.717) is 17.5 Å². The van der Waals surface area contributed by atoms with Gasteiger partial charge in [-0.05, 0) is 49.2 Å². The van der Waals surface area contributed by atoms with Crippen LogP contribution in [0, 0.1) is 0 Å². The first-order valence-corrected chi connectivity index (χ1v) is 9.80. The minimum atomic E-state index is -0.389. The first kappa shape index (κ1) is 18.4. The molecule has 1 amide bonds. The van der Waals surface area contributed by atoms with E-state index in [1.807, 2.05) is 12.1 Å². The van der Waals surface area contributed by atoms with Crippen LogP contribution in [0.5, 0.6) is 0 Å². The highest BCUT2D eigenvalue weighted by atomic mass is 16.3. The second-order valence-electron chi connectivity index (χ2n) is 7.31. The molecule has 0 aliphatic carbocycles. The standard InChI is InChI=1S/C23H24N2O3/c26-20-14-22(28-21-7-3-2-6-19(20)21)23(27)24-15-17-8-10-18(11-9-17)16-25-12-4-1-5-13-25/h2-3,6-11,14H,1,4-5,12-13,15-16H2,(H,24,27). The highest BCUT2D eigenvalue weighted by Crippen LogP contribution is 2.14. The van der Waals surface area contributed by atoms with E-state index in [9.17, 15) is 9.59 Å². The topological polar surface area (TPSA) is 62.6 Å². The van der Waals surface area contributed by atoms with Crippen LogP contribution in [-0.4, -0.2) is 23.9 Å². The SMILES string of the molecule is O=C(NCc1ccc(CN2CCCCC2)cc1)c1cc(=O)c2ccccc2o1. The Hall–Kier alpha value is -2.92. The van der Waals surface area contributed by atoms with E-state index in [4.69, 9.17) is 4.42 Å². The molecule has 1 aromatic heterocycles. The summed E-state index contributed by atoms with van der Waals surface area (Å²) in [6, 6.07) is 16.5. The molecule has 28 heavy (non-hydrogen) atoms. The van der Waals surface area contributed by atoms with Crippen LogP contribution in [0.3, 0.4) is 0 Å². The number of hydrogen-bond donors (Lipinski definition) is 1. The second-order valence-corrected chi connectivity index (χ2v) is 7.31. The van der Waals surface area contributed by atoms with Gasteiger partial charge in [-0.2, -0.15) is 0 Å². The molecule has 144 valence electrons. The van der Waals surface area contributed by atoms with Crippen LogP contribution in [0.15, 0.2) is 63.8 Å². The molecule has 1 N–H and O–H groups in total. The number of nitrogens with zero attached hydrogens (tertiary/aromatic N) is 1. The van der Waals surface area contributed by atoms with Gasteiger partial charge < -0.3 is 9.73 Å². The van der Waals surface area contributed by atoms with Crippen molar-refractivity contribution >= 4 is 16.9 Å². The number of fused-ring (bicyclic) bond motifs is 1. The molecule has 0 spiro atoms. The summed E-state index contributed by atoms with van der Waals surface area (Å²) >= 11 is 0. The number of hydrogen-bond acceptors (Lipinski definition) is 4. The van der Waals surface area contributed by atoms with Gasteiger partial charge in [0.25, 0.3) is 5.91 Å². The maximum Gasteiger partial charge on any atom is 0.287 e. The normalized spacial score (nSPS) is 14.9. The smallest absolute Gasteiger partial charge is 0.287 e. The molecule has 1 aliphatic heterocycles. The van der Waals surface area contributed by atoms with Crippen molar-refractivity contribution in [2.24, 2.45) is 0 Å². The molecule has 5 heteroatoms. The molecule has 4 rings (SSSR count). The number of para-hydroxylation sites is 1. The van der Waals surface area contributed by atoms with Crippen LogP contribution in [0.4, 0.5) is 0 Å². The van der Waals surface area contributed by atoms with E-state index in [0.717, 1.165) is 12.1 Å². The van der Waals surface area contributed by atoms with Crippen molar-refractivity contribution in [3.05, 3.63) is 81.7 Å². The molecular formula is C23H24N2O3. The molecule has 1 fully saturated rings. The number of carbonyl (C=O) groups is 1. The molecule has 0 unspecified atom stereocenters. The molecule has 0 radical (unpaired) electrons. The monoisotopic (exact) mass is 376 g/mol. The Morgan fingerprint density at radius 3 is 2.46 bits per heavy atom. The summed E-state index contributed by atoms with van der Waals surface area (Å²) in [5.74, 6) is -0.356. The summed E-state index contributed by atoms with van der Waals surface area (Å²) in [7, 11) is 0. The minimum absolute atomic E-state index is 0.0328. The second kappa shape index (κ2) is 8.40. The molecule has 1 aliphatic rings. The number of carbonyl (C=O) groups excluding carboxylic acids is 1. The van der Waals surface area contributed by atoms with Crippen LogP contribution in [-0.2, 0) is 13.1 Å². The van der Waals surface area contributed by atoms with Gasteiger partial charge >= 0.3 is 0 Å².